The van der Waals surface area contributed by atoms with Crippen molar-refractivity contribution in [2.24, 2.45) is 5.92 Å². The molecule has 2 aromatic carbocycles. The van der Waals surface area contributed by atoms with Gasteiger partial charge in [-0.2, -0.15) is 0 Å². The Hall–Kier alpha value is -2.54. The molecule has 6 nitrogen and oxygen atoms in total. The summed E-state index contributed by atoms with van der Waals surface area (Å²) in [6, 6.07) is 14.6. The van der Waals surface area contributed by atoms with E-state index in [-0.39, 0.29) is 18.1 Å². The van der Waals surface area contributed by atoms with Crippen LogP contribution in [-0.2, 0) is 12.0 Å². The van der Waals surface area contributed by atoms with Crippen LogP contribution >= 0.6 is 0 Å². The molecule has 3 aromatic rings. The number of likely N-dealkylation sites (tertiary alicyclic amines) is 1. The molecule has 6 rings (SSSR count). The molecule has 3 heterocycles. The van der Waals surface area contributed by atoms with Crippen LogP contribution in [0.15, 0.2) is 42.5 Å². The van der Waals surface area contributed by atoms with Gasteiger partial charge in [0.2, 0.25) is 0 Å². The standard InChI is InChI=1S/C27H33N3O3/c1-32-20-5-3-4-19(10-20)13-30-17-27(15-29(16-27)12-18-6-7-18)25-22-9-8-21(33-2)11-23(22)28-26(25)24(30)14-31/h3-5,8-11,18,24,28,31H,6-7,12-17H2,1-2H3/t24-/m1/s1. The maximum Gasteiger partial charge on any atom is 0.120 e. The fourth-order valence-electron chi connectivity index (χ4n) is 6.15. The Kier molecular flexibility index (Phi) is 5.13. The number of aliphatic hydroxyl groups is 1. The Morgan fingerprint density at radius 3 is 2.55 bits per heavy atom. The zero-order valence-electron chi connectivity index (χ0n) is 19.5. The summed E-state index contributed by atoms with van der Waals surface area (Å²) in [7, 11) is 3.42. The summed E-state index contributed by atoms with van der Waals surface area (Å²) >= 11 is 0. The van der Waals surface area contributed by atoms with E-state index in [0.29, 0.717) is 0 Å². The van der Waals surface area contributed by atoms with Crippen molar-refractivity contribution >= 4 is 10.9 Å². The van der Waals surface area contributed by atoms with Gasteiger partial charge in [0.1, 0.15) is 11.5 Å². The van der Waals surface area contributed by atoms with E-state index in [9.17, 15) is 5.11 Å². The molecule has 0 unspecified atom stereocenters. The highest BCUT2D eigenvalue weighted by Crippen LogP contribution is 2.49. The molecule has 0 amide bonds. The number of aromatic amines is 1. The van der Waals surface area contributed by atoms with Crippen molar-refractivity contribution in [3.8, 4) is 11.5 Å². The summed E-state index contributed by atoms with van der Waals surface area (Å²) in [4.78, 5) is 8.78. The van der Waals surface area contributed by atoms with Gasteiger partial charge in [0.25, 0.3) is 0 Å². The quantitative estimate of drug-likeness (QED) is 0.578. The first-order valence-corrected chi connectivity index (χ1v) is 12.0. The third-order valence-electron chi connectivity index (χ3n) is 7.80. The molecular weight excluding hydrogens is 414 g/mol. The zero-order chi connectivity index (χ0) is 22.6. The van der Waals surface area contributed by atoms with Crippen molar-refractivity contribution in [3.05, 3.63) is 59.3 Å². The molecule has 6 heteroatoms. The fourth-order valence-corrected chi connectivity index (χ4v) is 6.15. The van der Waals surface area contributed by atoms with Gasteiger partial charge >= 0.3 is 0 Å². The van der Waals surface area contributed by atoms with Crippen molar-refractivity contribution in [2.75, 3.05) is 47.0 Å². The van der Waals surface area contributed by atoms with Gasteiger partial charge in [-0.3, -0.25) is 4.90 Å². The number of nitrogens with one attached hydrogen (secondary N) is 1. The molecule has 1 saturated carbocycles. The summed E-state index contributed by atoms with van der Waals surface area (Å²) in [6.07, 6.45) is 2.77. The molecule has 1 aromatic heterocycles. The van der Waals surface area contributed by atoms with Crippen molar-refractivity contribution in [2.45, 2.75) is 30.8 Å². The van der Waals surface area contributed by atoms with Crippen molar-refractivity contribution in [1.29, 1.82) is 0 Å². The molecule has 3 aliphatic rings. The smallest absolute Gasteiger partial charge is 0.120 e. The molecule has 1 atom stereocenters. The highest BCUT2D eigenvalue weighted by molar-refractivity contribution is 5.88. The Labute approximate surface area is 195 Å². The Bertz CT molecular complexity index is 1160. The number of hydrogen-bond donors (Lipinski definition) is 2. The van der Waals surface area contributed by atoms with Gasteiger partial charge in [-0.25, -0.2) is 0 Å². The number of ether oxygens (including phenoxy) is 2. The number of H-pyrrole nitrogens is 1. The normalized spacial score (nSPS) is 22.3. The lowest BCUT2D eigenvalue weighted by Crippen LogP contribution is -2.66. The molecule has 1 spiro atoms. The number of fused-ring (bicyclic) bond motifs is 4. The lowest BCUT2D eigenvalue weighted by Gasteiger charge is -2.56. The van der Waals surface area contributed by atoms with E-state index < -0.39 is 0 Å². The van der Waals surface area contributed by atoms with Crippen LogP contribution in [0.2, 0.25) is 0 Å². The first kappa shape index (κ1) is 21.0. The van der Waals surface area contributed by atoms with Gasteiger partial charge < -0.3 is 24.5 Å². The number of aromatic nitrogens is 1. The van der Waals surface area contributed by atoms with Gasteiger partial charge in [0.15, 0.2) is 0 Å². The Morgan fingerprint density at radius 1 is 1.03 bits per heavy atom. The minimum atomic E-state index is -0.0623. The third kappa shape index (κ3) is 3.61. The first-order valence-electron chi connectivity index (χ1n) is 12.0. The second-order valence-corrected chi connectivity index (χ2v) is 10.2. The molecule has 0 bridgehead atoms. The van der Waals surface area contributed by atoms with Gasteiger partial charge in [-0.1, -0.05) is 12.1 Å². The number of hydrogen-bond acceptors (Lipinski definition) is 5. The van der Waals surface area contributed by atoms with Crippen molar-refractivity contribution in [3.63, 3.8) is 0 Å². The average Bonchev–Trinajstić information content (AvgIpc) is 3.55. The van der Waals surface area contributed by atoms with E-state index in [4.69, 9.17) is 9.47 Å². The Balaban J connectivity index is 1.40. The topological polar surface area (TPSA) is 61.0 Å². The maximum atomic E-state index is 10.5. The number of aliphatic hydroxyl groups excluding tert-OH is 1. The van der Waals surface area contributed by atoms with E-state index >= 15 is 0 Å². The van der Waals surface area contributed by atoms with E-state index in [0.717, 1.165) is 49.1 Å². The predicted octanol–water partition coefficient (Wildman–Crippen LogP) is 3.70. The SMILES string of the molecule is COc1cccc(CN2CC3(CN(CC4CC4)C3)c3c([nH]c4cc(OC)ccc34)[C@H]2CO)c1. The van der Waals surface area contributed by atoms with Crippen LogP contribution in [0.25, 0.3) is 10.9 Å². The molecule has 2 aliphatic heterocycles. The molecule has 1 saturated heterocycles. The lowest BCUT2D eigenvalue weighted by molar-refractivity contribution is -0.00988. The first-order chi connectivity index (χ1) is 16.1. The summed E-state index contributed by atoms with van der Waals surface area (Å²) in [5, 5.41) is 11.8. The Morgan fingerprint density at radius 2 is 1.82 bits per heavy atom. The van der Waals surface area contributed by atoms with E-state index in [1.807, 2.05) is 12.1 Å². The predicted molar refractivity (Wildman–Crippen MR) is 129 cm³/mol. The summed E-state index contributed by atoms with van der Waals surface area (Å²) < 4.78 is 10.9. The molecule has 0 radical (unpaired) electrons. The second-order valence-electron chi connectivity index (χ2n) is 10.2. The number of methoxy groups -OCH3 is 2. The molecule has 1 aliphatic carbocycles. The third-order valence-corrected chi connectivity index (χ3v) is 7.80. The largest absolute Gasteiger partial charge is 0.497 e. The van der Waals surface area contributed by atoms with Crippen molar-refractivity contribution < 1.29 is 14.6 Å². The van der Waals surface area contributed by atoms with E-state index in [2.05, 4.69) is 45.1 Å². The summed E-state index contributed by atoms with van der Waals surface area (Å²) in [6.45, 7) is 5.22. The van der Waals surface area contributed by atoms with Crippen LogP contribution in [-0.4, -0.2) is 66.9 Å². The van der Waals surface area contributed by atoms with Crippen LogP contribution in [0.3, 0.4) is 0 Å². The van der Waals surface area contributed by atoms with Crippen LogP contribution in [0, 0.1) is 5.92 Å². The lowest BCUT2D eigenvalue weighted by atomic mass is 9.68. The average molecular weight is 448 g/mol. The molecule has 33 heavy (non-hydrogen) atoms. The van der Waals surface area contributed by atoms with Gasteiger partial charge in [-0.05, 0) is 54.2 Å². The molecule has 174 valence electrons. The van der Waals surface area contributed by atoms with Crippen LogP contribution in [0.1, 0.15) is 35.7 Å². The number of nitrogens with zero attached hydrogens (tertiary/aromatic N) is 2. The van der Waals surface area contributed by atoms with Crippen LogP contribution in [0.4, 0.5) is 0 Å². The van der Waals surface area contributed by atoms with Gasteiger partial charge in [-0.15, -0.1) is 0 Å². The highest BCUT2D eigenvalue weighted by atomic mass is 16.5. The monoisotopic (exact) mass is 447 g/mol. The summed E-state index contributed by atoms with van der Waals surface area (Å²) in [5.74, 6) is 2.63. The van der Waals surface area contributed by atoms with Crippen LogP contribution in [0.5, 0.6) is 11.5 Å². The maximum absolute atomic E-state index is 10.5. The fraction of sp³-hybridized carbons (Fsp3) is 0.481. The second kappa shape index (κ2) is 8.05. The molecule has 2 N–H and O–H groups in total. The minimum absolute atomic E-state index is 0.0623. The number of benzene rings is 2. The number of rotatable bonds is 7. The highest BCUT2D eigenvalue weighted by Gasteiger charge is 2.53. The van der Waals surface area contributed by atoms with E-state index in [1.54, 1.807) is 14.2 Å². The van der Waals surface area contributed by atoms with E-state index in [1.165, 1.54) is 41.6 Å². The van der Waals surface area contributed by atoms with Crippen LogP contribution < -0.4 is 9.47 Å². The molecular formula is C27H33N3O3. The van der Waals surface area contributed by atoms with Gasteiger partial charge in [0, 0.05) is 60.8 Å². The molecule has 2 fully saturated rings. The van der Waals surface area contributed by atoms with Crippen molar-refractivity contribution in [1.82, 2.24) is 14.8 Å². The minimum Gasteiger partial charge on any atom is -0.497 e. The van der Waals surface area contributed by atoms with Gasteiger partial charge in [0.05, 0.1) is 26.9 Å². The zero-order valence-corrected chi connectivity index (χ0v) is 19.5. The summed E-state index contributed by atoms with van der Waals surface area (Å²) in [5.41, 5.74) is 4.97.